The Kier molecular flexibility index (Phi) is 3.85. The molecule has 0 saturated carbocycles. The zero-order valence-electron chi connectivity index (χ0n) is 8.12. The first-order valence-electron chi connectivity index (χ1n) is 4.52. The summed E-state index contributed by atoms with van der Waals surface area (Å²) in [5, 5.41) is 2.65. The third-order valence-corrected chi connectivity index (χ3v) is 1.86. The fraction of sp³-hybridized carbons (Fsp3) is 0.273. The van der Waals surface area contributed by atoms with E-state index < -0.39 is 0 Å². The van der Waals surface area contributed by atoms with Gasteiger partial charge in [-0.25, -0.2) is 0 Å². The maximum atomic E-state index is 11.4. The van der Waals surface area contributed by atoms with Gasteiger partial charge in [0.25, 0.3) is 5.91 Å². The first kappa shape index (κ1) is 10.4. The Balaban J connectivity index is 2.52. The summed E-state index contributed by atoms with van der Waals surface area (Å²) < 4.78 is 0. The summed E-state index contributed by atoms with van der Waals surface area (Å²) >= 11 is 0. The number of hydrogen-bond acceptors (Lipinski definition) is 2. The number of hydrogen-bond donors (Lipinski definition) is 1. The molecule has 0 radical (unpaired) electrons. The second kappa shape index (κ2) is 5.17. The van der Waals surface area contributed by atoms with Gasteiger partial charge in [-0.05, 0) is 19.1 Å². The van der Waals surface area contributed by atoms with Crippen LogP contribution in [0.1, 0.15) is 22.3 Å². The SMILES string of the molecule is Cc1ccc(C(=O)NCCC=O)cc1. The number of amides is 1. The van der Waals surface area contributed by atoms with Gasteiger partial charge < -0.3 is 10.1 Å². The highest BCUT2D eigenvalue weighted by molar-refractivity contribution is 5.94. The van der Waals surface area contributed by atoms with Crippen LogP contribution in [0.5, 0.6) is 0 Å². The molecule has 0 unspecified atom stereocenters. The van der Waals surface area contributed by atoms with Gasteiger partial charge in [0.15, 0.2) is 0 Å². The average Bonchev–Trinajstić information content (AvgIpc) is 2.19. The number of nitrogens with one attached hydrogen (secondary N) is 1. The quantitative estimate of drug-likeness (QED) is 0.576. The van der Waals surface area contributed by atoms with Crippen LogP contribution in [0.4, 0.5) is 0 Å². The molecule has 0 fully saturated rings. The van der Waals surface area contributed by atoms with Crippen molar-refractivity contribution >= 4 is 12.2 Å². The Hall–Kier alpha value is -1.64. The number of benzene rings is 1. The summed E-state index contributed by atoms with van der Waals surface area (Å²) in [6.07, 6.45) is 1.15. The van der Waals surface area contributed by atoms with Crippen molar-refractivity contribution in [2.24, 2.45) is 0 Å². The Morgan fingerprint density at radius 3 is 2.57 bits per heavy atom. The molecule has 0 atom stereocenters. The molecule has 0 aliphatic rings. The van der Waals surface area contributed by atoms with Gasteiger partial charge in [-0.3, -0.25) is 4.79 Å². The van der Waals surface area contributed by atoms with E-state index in [2.05, 4.69) is 5.32 Å². The highest BCUT2D eigenvalue weighted by atomic mass is 16.1. The molecule has 1 N–H and O–H groups in total. The van der Waals surface area contributed by atoms with Crippen molar-refractivity contribution in [1.29, 1.82) is 0 Å². The van der Waals surface area contributed by atoms with Gasteiger partial charge in [0, 0.05) is 18.5 Å². The molecule has 1 amide bonds. The lowest BCUT2D eigenvalue weighted by Gasteiger charge is -2.02. The fourth-order valence-corrected chi connectivity index (χ4v) is 1.05. The molecule has 0 saturated heterocycles. The van der Waals surface area contributed by atoms with Gasteiger partial charge in [-0.1, -0.05) is 17.7 Å². The van der Waals surface area contributed by atoms with Crippen LogP contribution in [-0.2, 0) is 4.79 Å². The topological polar surface area (TPSA) is 46.2 Å². The molecule has 0 bridgehead atoms. The molecule has 0 aromatic heterocycles. The number of aryl methyl sites for hydroxylation is 1. The molecule has 0 spiro atoms. The predicted molar refractivity (Wildman–Crippen MR) is 54.2 cm³/mol. The Morgan fingerprint density at radius 1 is 1.36 bits per heavy atom. The Bertz CT molecular complexity index is 317. The zero-order valence-corrected chi connectivity index (χ0v) is 8.12. The molecule has 14 heavy (non-hydrogen) atoms. The molecule has 3 nitrogen and oxygen atoms in total. The summed E-state index contributed by atoms with van der Waals surface area (Å²) in [7, 11) is 0. The third kappa shape index (κ3) is 3.01. The van der Waals surface area contributed by atoms with Crippen LogP contribution >= 0.6 is 0 Å². The largest absolute Gasteiger partial charge is 0.352 e. The first-order chi connectivity index (χ1) is 6.74. The highest BCUT2D eigenvalue weighted by Crippen LogP contribution is 2.02. The third-order valence-electron chi connectivity index (χ3n) is 1.86. The molecular weight excluding hydrogens is 178 g/mol. The molecule has 0 aliphatic heterocycles. The molecule has 0 heterocycles. The minimum Gasteiger partial charge on any atom is -0.352 e. The molecule has 1 aromatic carbocycles. The van der Waals surface area contributed by atoms with E-state index in [9.17, 15) is 9.59 Å². The normalized spacial score (nSPS) is 9.50. The second-order valence-electron chi connectivity index (χ2n) is 3.08. The van der Waals surface area contributed by atoms with Crippen LogP contribution in [0.2, 0.25) is 0 Å². The maximum absolute atomic E-state index is 11.4. The van der Waals surface area contributed by atoms with Gasteiger partial charge >= 0.3 is 0 Å². The number of rotatable bonds is 4. The van der Waals surface area contributed by atoms with Crippen LogP contribution in [0.3, 0.4) is 0 Å². The Morgan fingerprint density at radius 2 is 2.00 bits per heavy atom. The molecule has 0 aliphatic carbocycles. The maximum Gasteiger partial charge on any atom is 0.251 e. The summed E-state index contributed by atoms with van der Waals surface area (Å²) in [6.45, 7) is 2.37. The van der Waals surface area contributed by atoms with E-state index in [0.29, 0.717) is 18.5 Å². The van der Waals surface area contributed by atoms with Crippen molar-refractivity contribution in [3.05, 3.63) is 35.4 Å². The van der Waals surface area contributed by atoms with Crippen molar-refractivity contribution in [2.75, 3.05) is 6.54 Å². The van der Waals surface area contributed by atoms with Crippen LogP contribution in [-0.4, -0.2) is 18.7 Å². The van der Waals surface area contributed by atoms with Crippen LogP contribution in [0.25, 0.3) is 0 Å². The minimum atomic E-state index is -0.133. The van der Waals surface area contributed by atoms with Crippen LogP contribution < -0.4 is 5.32 Å². The van der Waals surface area contributed by atoms with Gasteiger partial charge in [-0.15, -0.1) is 0 Å². The summed E-state index contributed by atoms with van der Waals surface area (Å²) in [5.41, 5.74) is 1.75. The van der Waals surface area contributed by atoms with E-state index >= 15 is 0 Å². The van der Waals surface area contributed by atoms with Gasteiger partial charge in [0.05, 0.1) is 0 Å². The van der Waals surface area contributed by atoms with Crippen LogP contribution in [0, 0.1) is 6.92 Å². The summed E-state index contributed by atoms with van der Waals surface area (Å²) in [6, 6.07) is 7.31. The molecule has 3 heteroatoms. The van der Waals surface area contributed by atoms with E-state index in [-0.39, 0.29) is 5.91 Å². The lowest BCUT2D eigenvalue weighted by atomic mass is 10.1. The summed E-state index contributed by atoms with van der Waals surface area (Å²) in [4.78, 5) is 21.4. The minimum absolute atomic E-state index is 0.133. The van der Waals surface area contributed by atoms with Crippen molar-refractivity contribution in [2.45, 2.75) is 13.3 Å². The molecule has 1 aromatic rings. The standard InChI is InChI=1S/C11H13NO2/c1-9-3-5-10(6-4-9)11(14)12-7-2-8-13/h3-6,8H,2,7H2,1H3,(H,12,14). The van der Waals surface area contributed by atoms with E-state index in [0.717, 1.165) is 11.8 Å². The van der Waals surface area contributed by atoms with E-state index in [1.165, 1.54) is 0 Å². The number of carbonyl (C=O) groups excluding carboxylic acids is 2. The van der Waals surface area contributed by atoms with Crippen LogP contribution in [0.15, 0.2) is 24.3 Å². The summed E-state index contributed by atoms with van der Waals surface area (Å²) in [5.74, 6) is -0.133. The average molecular weight is 191 g/mol. The zero-order chi connectivity index (χ0) is 10.4. The van der Waals surface area contributed by atoms with Gasteiger partial charge in [0.2, 0.25) is 0 Å². The molecule has 74 valence electrons. The lowest BCUT2D eigenvalue weighted by Crippen LogP contribution is -2.24. The van der Waals surface area contributed by atoms with Crippen molar-refractivity contribution < 1.29 is 9.59 Å². The number of aldehydes is 1. The first-order valence-corrected chi connectivity index (χ1v) is 4.52. The second-order valence-corrected chi connectivity index (χ2v) is 3.08. The predicted octanol–water partition coefficient (Wildman–Crippen LogP) is 1.31. The fourth-order valence-electron chi connectivity index (χ4n) is 1.05. The van der Waals surface area contributed by atoms with Gasteiger partial charge in [-0.2, -0.15) is 0 Å². The Labute approximate surface area is 83.1 Å². The van der Waals surface area contributed by atoms with E-state index in [4.69, 9.17) is 0 Å². The van der Waals surface area contributed by atoms with Gasteiger partial charge in [0.1, 0.15) is 6.29 Å². The lowest BCUT2D eigenvalue weighted by molar-refractivity contribution is -0.107. The van der Waals surface area contributed by atoms with E-state index in [1.807, 2.05) is 19.1 Å². The molecular formula is C11H13NO2. The highest BCUT2D eigenvalue weighted by Gasteiger charge is 2.02. The van der Waals surface area contributed by atoms with Crippen molar-refractivity contribution in [3.8, 4) is 0 Å². The van der Waals surface area contributed by atoms with Crippen molar-refractivity contribution in [1.82, 2.24) is 5.32 Å². The molecule has 1 rings (SSSR count). The smallest absolute Gasteiger partial charge is 0.251 e. The number of carbonyl (C=O) groups is 2. The van der Waals surface area contributed by atoms with Crippen molar-refractivity contribution in [3.63, 3.8) is 0 Å². The monoisotopic (exact) mass is 191 g/mol. The van der Waals surface area contributed by atoms with E-state index in [1.54, 1.807) is 12.1 Å².